The molecule has 0 spiro atoms. The van der Waals surface area contributed by atoms with Gasteiger partial charge in [-0.2, -0.15) is 0 Å². The van der Waals surface area contributed by atoms with Gasteiger partial charge < -0.3 is 5.11 Å². The third-order valence-corrected chi connectivity index (χ3v) is 1.54. The van der Waals surface area contributed by atoms with E-state index in [4.69, 9.17) is 5.11 Å². The van der Waals surface area contributed by atoms with Gasteiger partial charge in [0.2, 0.25) is 0 Å². The molecule has 1 atom stereocenters. The van der Waals surface area contributed by atoms with E-state index in [1.54, 1.807) is 6.08 Å². The molecule has 0 saturated heterocycles. The van der Waals surface area contributed by atoms with Crippen molar-refractivity contribution in [1.29, 1.82) is 0 Å². The van der Waals surface area contributed by atoms with Crippen LogP contribution in [0.1, 0.15) is 32.6 Å². The molecule has 2 nitrogen and oxygen atoms in total. The largest absolute Gasteiger partial charge is 0.385 e. The number of aliphatic hydroxyl groups excluding tert-OH is 1. The number of carbonyl (C=O) groups is 1. The predicted octanol–water partition coefficient (Wildman–Crippen LogP) is 1.68. The van der Waals surface area contributed by atoms with Crippen LogP contribution in [0.4, 0.5) is 0 Å². The standard InChI is InChI=1S/C9H16O2/c1-3-5-7-9(11)8(10)6-4-2/h4,8,10H,2-3,5-7H2,1H3/t8-/m1/s1. The molecule has 0 aromatic heterocycles. The van der Waals surface area contributed by atoms with Gasteiger partial charge >= 0.3 is 0 Å². The normalized spacial score (nSPS) is 12.5. The van der Waals surface area contributed by atoms with Gasteiger partial charge in [0.25, 0.3) is 0 Å². The summed E-state index contributed by atoms with van der Waals surface area (Å²) in [5, 5.41) is 9.12. The summed E-state index contributed by atoms with van der Waals surface area (Å²) in [6.45, 7) is 5.47. The van der Waals surface area contributed by atoms with Crippen molar-refractivity contribution in [2.45, 2.75) is 38.7 Å². The van der Waals surface area contributed by atoms with E-state index in [-0.39, 0.29) is 5.78 Å². The summed E-state index contributed by atoms with van der Waals surface area (Å²) in [5.74, 6) is -0.0632. The summed E-state index contributed by atoms with van der Waals surface area (Å²) in [7, 11) is 0. The fourth-order valence-corrected chi connectivity index (χ4v) is 0.807. The molecule has 0 aliphatic heterocycles. The number of unbranched alkanes of at least 4 members (excludes halogenated alkanes) is 1. The first-order chi connectivity index (χ1) is 5.22. The Labute approximate surface area is 67.9 Å². The van der Waals surface area contributed by atoms with E-state index in [0.29, 0.717) is 12.8 Å². The zero-order valence-electron chi connectivity index (χ0n) is 7.05. The third-order valence-electron chi connectivity index (χ3n) is 1.54. The summed E-state index contributed by atoms with van der Waals surface area (Å²) in [6, 6.07) is 0. The Morgan fingerprint density at radius 3 is 2.82 bits per heavy atom. The van der Waals surface area contributed by atoms with Crippen LogP contribution in [-0.4, -0.2) is 17.0 Å². The molecular formula is C9H16O2. The maximum Gasteiger partial charge on any atom is 0.161 e. The minimum Gasteiger partial charge on any atom is -0.385 e. The molecule has 64 valence electrons. The zero-order chi connectivity index (χ0) is 8.69. The molecule has 0 fully saturated rings. The number of rotatable bonds is 6. The first-order valence-electron chi connectivity index (χ1n) is 4.04. The zero-order valence-corrected chi connectivity index (χ0v) is 7.05. The minimum absolute atomic E-state index is 0.0632. The van der Waals surface area contributed by atoms with E-state index in [9.17, 15) is 4.79 Å². The fourth-order valence-electron chi connectivity index (χ4n) is 0.807. The van der Waals surface area contributed by atoms with Crippen LogP contribution < -0.4 is 0 Å². The number of ketones is 1. The topological polar surface area (TPSA) is 37.3 Å². The molecule has 2 heteroatoms. The van der Waals surface area contributed by atoms with Crippen LogP contribution >= 0.6 is 0 Å². The van der Waals surface area contributed by atoms with Gasteiger partial charge in [-0.15, -0.1) is 6.58 Å². The van der Waals surface area contributed by atoms with E-state index in [1.807, 2.05) is 6.92 Å². The molecule has 0 bridgehead atoms. The highest BCUT2D eigenvalue weighted by Gasteiger charge is 2.11. The molecule has 11 heavy (non-hydrogen) atoms. The molecule has 0 heterocycles. The van der Waals surface area contributed by atoms with Gasteiger partial charge in [-0.1, -0.05) is 19.4 Å². The third kappa shape index (κ3) is 4.73. The van der Waals surface area contributed by atoms with Crippen molar-refractivity contribution < 1.29 is 9.90 Å². The first-order valence-corrected chi connectivity index (χ1v) is 4.04. The van der Waals surface area contributed by atoms with Crippen molar-refractivity contribution >= 4 is 5.78 Å². The second-order valence-electron chi connectivity index (χ2n) is 2.61. The number of aliphatic hydroxyl groups is 1. The second-order valence-corrected chi connectivity index (χ2v) is 2.61. The van der Waals surface area contributed by atoms with Crippen LogP contribution in [0.2, 0.25) is 0 Å². The van der Waals surface area contributed by atoms with Crippen LogP contribution in [0.25, 0.3) is 0 Å². The maximum absolute atomic E-state index is 11.0. The molecule has 0 aromatic carbocycles. The van der Waals surface area contributed by atoms with Crippen molar-refractivity contribution in [3.8, 4) is 0 Å². The molecule has 0 aromatic rings. The summed E-state index contributed by atoms with van der Waals surface area (Å²) in [6.07, 6.45) is 3.47. The van der Waals surface area contributed by atoms with Gasteiger partial charge in [-0.3, -0.25) is 4.79 Å². The average Bonchev–Trinajstić information content (AvgIpc) is 2.00. The van der Waals surface area contributed by atoms with Crippen LogP contribution in [0, 0.1) is 0 Å². The molecule has 0 aliphatic rings. The molecule has 0 aliphatic carbocycles. The van der Waals surface area contributed by atoms with Gasteiger partial charge in [-0.05, 0) is 12.8 Å². The van der Waals surface area contributed by atoms with Gasteiger partial charge in [0.05, 0.1) is 0 Å². The Morgan fingerprint density at radius 2 is 2.36 bits per heavy atom. The SMILES string of the molecule is C=CC[C@@H](O)C(=O)CCCC. The van der Waals surface area contributed by atoms with Crippen LogP contribution in [0.3, 0.4) is 0 Å². The van der Waals surface area contributed by atoms with Crippen molar-refractivity contribution in [2.75, 3.05) is 0 Å². The predicted molar refractivity (Wildman–Crippen MR) is 45.4 cm³/mol. The molecule has 0 rings (SSSR count). The highest BCUT2D eigenvalue weighted by molar-refractivity contribution is 5.82. The van der Waals surface area contributed by atoms with Gasteiger partial charge in [0.15, 0.2) is 5.78 Å². The molecule has 0 unspecified atom stereocenters. The van der Waals surface area contributed by atoms with Crippen molar-refractivity contribution in [1.82, 2.24) is 0 Å². The van der Waals surface area contributed by atoms with Crippen molar-refractivity contribution in [3.05, 3.63) is 12.7 Å². The van der Waals surface area contributed by atoms with Gasteiger partial charge in [0, 0.05) is 6.42 Å². The summed E-state index contributed by atoms with van der Waals surface area (Å²) in [4.78, 5) is 11.0. The molecular weight excluding hydrogens is 140 g/mol. The second kappa shape index (κ2) is 6.10. The first kappa shape index (κ1) is 10.4. The molecule has 0 amide bonds. The van der Waals surface area contributed by atoms with E-state index < -0.39 is 6.10 Å². The lowest BCUT2D eigenvalue weighted by Crippen LogP contribution is -2.18. The number of hydrogen-bond donors (Lipinski definition) is 1. The Bertz CT molecular complexity index is 130. The molecule has 0 saturated carbocycles. The monoisotopic (exact) mass is 156 g/mol. The number of Topliss-reactive ketones (excluding diaryl/α,β-unsaturated/α-hetero) is 1. The molecule has 1 N–H and O–H groups in total. The lowest BCUT2D eigenvalue weighted by Gasteiger charge is -2.04. The Kier molecular flexibility index (Phi) is 5.75. The van der Waals surface area contributed by atoms with Crippen molar-refractivity contribution in [2.24, 2.45) is 0 Å². The van der Waals surface area contributed by atoms with Gasteiger partial charge in [0.1, 0.15) is 6.10 Å². The van der Waals surface area contributed by atoms with Crippen molar-refractivity contribution in [3.63, 3.8) is 0 Å². The Balaban J connectivity index is 3.54. The highest BCUT2D eigenvalue weighted by atomic mass is 16.3. The fraction of sp³-hybridized carbons (Fsp3) is 0.667. The summed E-state index contributed by atoms with van der Waals surface area (Å²) < 4.78 is 0. The van der Waals surface area contributed by atoms with E-state index in [2.05, 4.69) is 6.58 Å². The van der Waals surface area contributed by atoms with Crippen LogP contribution in [0.15, 0.2) is 12.7 Å². The van der Waals surface area contributed by atoms with Gasteiger partial charge in [-0.25, -0.2) is 0 Å². The van der Waals surface area contributed by atoms with E-state index >= 15 is 0 Å². The highest BCUT2D eigenvalue weighted by Crippen LogP contribution is 2.02. The Morgan fingerprint density at radius 1 is 1.73 bits per heavy atom. The average molecular weight is 156 g/mol. The minimum atomic E-state index is -0.820. The Hall–Kier alpha value is -0.630. The van der Waals surface area contributed by atoms with Crippen LogP contribution in [0.5, 0.6) is 0 Å². The maximum atomic E-state index is 11.0. The van der Waals surface area contributed by atoms with E-state index in [0.717, 1.165) is 12.8 Å². The summed E-state index contributed by atoms with van der Waals surface area (Å²) in [5.41, 5.74) is 0. The quantitative estimate of drug-likeness (QED) is 0.594. The molecule has 0 radical (unpaired) electrons. The smallest absolute Gasteiger partial charge is 0.161 e. The summed E-state index contributed by atoms with van der Waals surface area (Å²) >= 11 is 0. The number of hydrogen-bond acceptors (Lipinski definition) is 2. The van der Waals surface area contributed by atoms with E-state index in [1.165, 1.54) is 0 Å². The van der Waals surface area contributed by atoms with Crippen LogP contribution in [-0.2, 0) is 4.79 Å². The number of carbonyl (C=O) groups excluding carboxylic acids is 1. The lowest BCUT2D eigenvalue weighted by molar-refractivity contribution is -0.127. The lowest BCUT2D eigenvalue weighted by atomic mass is 10.1.